The van der Waals surface area contributed by atoms with E-state index in [0.29, 0.717) is 22.3 Å². The Morgan fingerprint density at radius 1 is 1.06 bits per heavy atom. The SMILES string of the molecule is O=C(CSc1nc2ccccc2c(=O)n1-c1ccc(F)cc1F)Nc1cccc(Cl)c1. The van der Waals surface area contributed by atoms with E-state index >= 15 is 0 Å². The van der Waals surface area contributed by atoms with Gasteiger partial charge in [0.25, 0.3) is 5.56 Å². The van der Waals surface area contributed by atoms with Gasteiger partial charge in [-0.2, -0.15) is 0 Å². The molecule has 1 aromatic heterocycles. The number of hydrogen-bond acceptors (Lipinski definition) is 4. The van der Waals surface area contributed by atoms with Crippen LogP contribution < -0.4 is 10.9 Å². The fourth-order valence-electron chi connectivity index (χ4n) is 2.98. The number of amides is 1. The first kappa shape index (κ1) is 21.0. The van der Waals surface area contributed by atoms with Gasteiger partial charge in [-0.25, -0.2) is 13.8 Å². The van der Waals surface area contributed by atoms with Crippen LogP contribution in [0.5, 0.6) is 0 Å². The smallest absolute Gasteiger partial charge is 0.266 e. The van der Waals surface area contributed by atoms with Gasteiger partial charge >= 0.3 is 0 Å². The van der Waals surface area contributed by atoms with Gasteiger partial charge in [0.05, 0.1) is 22.3 Å². The lowest BCUT2D eigenvalue weighted by atomic mass is 10.2. The fraction of sp³-hybridized carbons (Fsp3) is 0.0455. The van der Waals surface area contributed by atoms with E-state index in [1.807, 2.05) is 0 Å². The van der Waals surface area contributed by atoms with Crippen LogP contribution in [-0.2, 0) is 4.79 Å². The molecule has 5 nitrogen and oxygen atoms in total. The standard InChI is InChI=1S/C22H14ClF2N3O2S/c23-13-4-3-5-15(10-13)26-20(29)12-31-22-27-18-7-2-1-6-16(18)21(30)28(22)19-9-8-14(24)11-17(19)25/h1-11H,12H2,(H,26,29). The van der Waals surface area contributed by atoms with Crippen LogP contribution in [0.4, 0.5) is 14.5 Å². The minimum atomic E-state index is -0.913. The van der Waals surface area contributed by atoms with E-state index in [2.05, 4.69) is 10.3 Å². The summed E-state index contributed by atoms with van der Waals surface area (Å²) in [7, 11) is 0. The molecule has 0 aliphatic heterocycles. The molecule has 1 heterocycles. The Morgan fingerprint density at radius 3 is 2.65 bits per heavy atom. The summed E-state index contributed by atoms with van der Waals surface area (Å²) >= 11 is 6.88. The van der Waals surface area contributed by atoms with Gasteiger partial charge in [0.2, 0.25) is 5.91 Å². The molecule has 0 unspecified atom stereocenters. The summed E-state index contributed by atoms with van der Waals surface area (Å²) in [5.74, 6) is -2.14. The number of nitrogens with zero attached hydrogens (tertiary/aromatic N) is 2. The minimum Gasteiger partial charge on any atom is -0.325 e. The van der Waals surface area contributed by atoms with Gasteiger partial charge < -0.3 is 5.32 Å². The van der Waals surface area contributed by atoms with Crippen molar-refractivity contribution in [2.45, 2.75) is 5.16 Å². The van der Waals surface area contributed by atoms with E-state index in [9.17, 15) is 18.4 Å². The van der Waals surface area contributed by atoms with Gasteiger partial charge in [-0.05, 0) is 42.5 Å². The van der Waals surface area contributed by atoms with Crippen LogP contribution in [0.15, 0.2) is 76.7 Å². The largest absolute Gasteiger partial charge is 0.325 e. The minimum absolute atomic E-state index is 0.0971. The number of para-hydroxylation sites is 1. The first-order valence-corrected chi connectivity index (χ1v) is 10.4. The van der Waals surface area contributed by atoms with Crippen molar-refractivity contribution in [3.8, 4) is 5.69 Å². The summed E-state index contributed by atoms with van der Waals surface area (Å²) in [6.45, 7) is 0. The van der Waals surface area contributed by atoms with Gasteiger partial charge in [-0.15, -0.1) is 0 Å². The molecule has 3 aromatic carbocycles. The number of nitrogens with one attached hydrogen (secondary N) is 1. The van der Waals surface area contributed by atoms with Gasteiger partial charge in [-0.3, -0.25) is 14.2 Å². The second-order valence-electron chi connectivity index (χ2n) is 6.50. The lowest BCUT2D eigenvalue weighted by Gasteiger charge is -2.14. The Balaban J connectivity index is 1.70. The number of halogens is 3. The van der Waals surface area contributed by atoms with Gasteiger partial charge in [0.15, 0.2) is 5.16 Å². The molecule has 4 rings (SSSR count). The second kappa shape index (κ2) is 8.87. The monoisotopic (exact) mass is 457 g/mol. The molecule has 31 heavy (non-hydrogen) atoms. The van der Waals surface area contributed by atoms with Crippen LogP contribution in [0.3, 0.4) is 0 Å². The molecule has 0 spiro atoms. The van der Waals surface area contributed by atoms with Crippen molar-refractivity contribution in [2.75, 3.05) is 11.1 Å². The van der Waals surface area contributed by atoms with Crippen molar-refractivity contribution >= 4 is 45.9 Å². The number of benzene rings is 3. The Hall–Kier alpha value is -3.23. The number of aromatic nitrogens is 2. The number of rotatable bonds is 5. The summed E-state index contributed by atoms with van der Waals surface area (Å²) in [6.07, 6.45) is 0. The number of thioether (sulfide) groups is 1. The third-order valence-electron chi connectivity index (χ3n) is 4.34. The number of carbonyl (C=O) groups is 1. The Morgan fingerprint density at radius 2 is 1.87 bits per heavy atom. The van der Waals surface area contributed by atoms with Crippen molar-refractivity contribution < 1.29 is 13.6 Å². The molecule has 1 amide bonds. The molecule has 156 valence electrons. The quantitative estimate of drug-likeness (QED) is 0.336. The molecule has 0 saturated heterocycles. The number of fused-ring (bicyclic) bond motifs is 1. The molecular formula is C22H14ClF2N3O2S. The van der Waals surface area contributed by atoms with Gasteiger partial charge in [0.1, 0.15) is 11.6 Å². The van der Waals surface area contributed by atoms with Crippen molar-refractivity contribution in [3.63, 3.8) is 0 Å². The highest BCUT2D eigenvalue weighted by Crippen LogP contribution is 2.24. The number of hydrogen-bond donors (Lipinski definition) is 1. The molecule has 9 heteroatoms. The summed E-state index contributed by atoms with van der Waals surface area (Å²) < 4.78 is 28.9. The third-order valence-corrected chi connectivity index (χ3v) is 5.51. The highest BCUT2D eigenvalue weighted by Gasteiger charge is 2.17. The van der Waals surface area contributed by atoms with Crippen molar-refractivity contribution in [3.05, 3.63) is 93.7 Å². The highest BCUT2D eigenvalue weighted by molar-refractivity contribution is 7.99. The summed E-state index contributed by atoms with van der Waals surface area (Å²) in [6, 6.07) is 16.2. The normalized spacial score (nSPS) is 10.9. The van der Waals surface area contributed by atoms with Crippen molar-refractivity contribution in [1.82, 2.24) is 9.55 Å². The van der Waals surface area contributed by atoms with Gasteiger partial charge in [-0.1, -0.05) is 41.6 Å². The molecule has 0 aliphatic carbocycles. The lowest BCUT2D eigenvalue weighted by molar-refractivity contribution is -0.113. The van der Waals surface area contributed by atoms with E-state index in [-0.39, 0.29) is 27.9 Å². The average Bonchev–Trinajstić information content (AvgIpc) is 2.73. The van der Waals surface area contributed by atoms with Crippen LogP contribution in [0, 0.1) is 11.6 Å². The average molecular weight is 458 g/mol. The van der Waals surface area contributed by atoms with Crippen LogP contribution in [0.2, 0.25) is 5.02 Å². The maximum absolute atomic E-state index is 14.5. The van der Waals surface area contributed by atoms with Crippen LogP contribution in [0.25, 0.3) is 16.6 Å². The van der Waals surface area contributed by atoms with Crippen molar-refractivity contribution in [2.24, 2.45) is 0 Å². The summed E-state index contributed by atoms with van der Waals surface area (Å²) in [4.78, 5) is 29.9. The Bertz CT molecular complexity index is 1360. The molecule has 0 atom stereocenters. The zero-order chi connectivity index (χ0) is 22.0. The van der Waals surface area contributed by atoms with Crippen LogP contribution >= 0.6 is 23.4 Å². The Kier molecular flexibility index (Phi) is 6.01. The van der Waals surface area contributed by atoms with Crippen LogP contribution in [-0.4, -0.2) is 21.2 Å². The number of carbonyl (C=O) groups excluding carboxylic acids is 1. The van der Waals surface area contributed by atoms with E-state index in [0.717, 1.165) is 22.4 Å². The number of anilines is 1. The van der Waals surface area contributed by atoms with E-state index in [4.69, 9.17) is 11.6 Å². The first-order chi connectivity index (χ1) is 14.9. The first-order valence-electron chi connectivity index (χ1n) is 9.08. The predicted molar refractivity (Wildman–Crippen MR) is 118 cm³/mol. The fourth-order valence-corrected chi connectivity index (χ4v) is 3.97. The topological polar surface area (TPSA) is 64.0 Å². The zero-order valence-corrected chi connectivity index (χ0v) is 17.4. The summed E-state index contributed by atoms with van der Waals surface area (Å²) in [5, 5.41) is 3.56. The van der Waals surface area contributed by atoms with Gasteiger partial charge in [0, 0.05) is 16.8 Å². The Labute approximate surface area is 184 Å². The zero-order valence-electron chi connectivity index (χ0n) is 15.8. The molecule has 0 fully saturated rings. The predicted octanol–water partition coefficient (Wildman–Crippen LogP) is 5.05. The molecule has 0 aliphatic rings. The van der Waals surface area contributed by atoms with Crippen molar-refractivity contribution in [1.29, 1.82) is 0 Å². The van der Waals surface area contributed by atoms with E-state index in [1.165, 1.54) is 6.07 Å². The second-order valence-corrected chi connectivity index (χ2v) is 7.87. The third kappa shape index (κ3) is 4.60. The molecule has 4 aromatic rings. The summed E-state index contributed by atoms with van der Waals surface area (Å²) in [5.41, 5.74) is 0.256. The van der Waals surface area contributed by atoms with Crippen LogP contribution in [0.1, 0.15) is 0 Å². The lowest BCUT2D eigenvalue weighted by Crippen LogP contribution is -2.23. The highest BCUT2D eigenvalue weighted by atomic mass is 35.5. The van der Waals surface area contributed by atoms with E-state index < -0.39 is 17.2 Å². The maximum Gasteiger partial charge on any atom is 0.266 e. The molecule has 1 N–H and O–H groups in total. The molecular weight excluding hydrogens is 444 g/mol. The molecule has 0 radical (unpaired) electrons. The van der Waals surface area contributed by atoms with E-state index in [1.54, 1.807) is 48.5 Å². The molecule has 0 bridgehead atoms. The maximum atomic E-state index is 14.5. The molecule has 0 saturated carbocycles.